The molecular formula is C33H38N4O2S2. The summed E-state index contributed by atoms with van der Waals surface area (Å²) in [7, 11) is 0. The van der Waals surface area contributed by atoms with Crippen LogP contribution in [0, 0.1) is 0 Å². The van der Waals surface area contributed by atoms with Gasteiger partial charge < -0.3 is 9.80 Å². The third kappa shape index (κ3) is 6.28. The fourth-order valence-electron chi connectivity index (χ4n) is 4.73. The summed E-state index contributed by atoms with van der Waals surface area (Å²) >= 11 is 3.11. The van der Waals surface area contributed by atoms with Gasteiger partial charge in [0.05, 0.1) is 10.0 Å². The summed E-state index contributed by atoms with van der Waals surface area (Å²) in [6.45, 7) is 16.3. The standard InChI is InChI=1S/C33H38N4O2S2/c1-7-33(5,6)31-35-27(21-41-31)29(39)23-10-14-25(15-11-23)37-18-16-36(17-19-37)24-12-8-22(9-13-24)28(38)26-20-40-30(34-26)32(2,3)4/h8-15,20-21H,7,16-19H2,1-6H3. The van der Waals surface area contributed by atoms with Crippen molar-refractivity contribution in [1.82, 2.24) is 9.97 Å². The summed E-state index contributed by atoms with van der Waals surface area (Å²) < 4.78 is 0. The number of hydrogen-bond acceptors (Lipinski definition) is 8. The van der Waals surface area contributed by atoms with Crippen LogP contribution in [-0.2, 0) is 10.8 Å². The Morgan fingerprint density at radius 3 is 1.44 bits per heavy atom. The molecule has 0 atom stereocenters. The minimum absolute atomic E-state index is 0.0211. The first-order valence-electron chi connectivity index (χ1n) is 14.2. The lowest BCUT2D eigenvalue weighted by molar-refractivity contribution is 0.102. The number of benzene rings is 2. The molecule has 41 heavy (non-hydrogen) atoms. The Balaban J connectivity index is 1.17. The molecule has 0 unspecified atom stereocenters. The summed E-state index contributed by atoms with van der Waals surface area (Å²) in [5, 5.41) is 5.72. The Kier molecular flexibility index (Phi) is 8.17. The first-order chi connectivity index (χ1) is 19.5. The SMILES string of the molecule is CCC(C)(C)c1nc(C(=O)c2ccc(N3CCN(c4ccc(C(=O)c5csc(C(C)(C)C)n5)cc4)CC3)cc2)cs1. The third-order valence-electron chi connectivity index (χ3n) is 7.85. The second-order valence-electron chi connectivity index (χ2n) is 12.3. The molecule has 5 rings (SSSR count). The molecule has 2 aromatic heterocycles. The van der Waals surface area contributed by atoms with Gasteiger partial charge in [0, 0.05) is 70.3 Å². The van der Waals surface area contributed by atoms with E-state index < -0.39 is 0 Å². The van der Waals surface area contributed by atoms with Crippen molar-refractivity contribution in [2.45, 2.75) is 58.8 Å². The largest absolute Gasteiger partial charge is 0.368 e. The van der Waals surface area contributed by atoms with Crippen LogP contribution < -0.4 is 9.80 Å². The molecule has 1 aliphatic rings. The molecule has 0 bridgehead atoms. The van der Waals surface area contributed by atoms with E-state index in [1.54, 1.807) is 22.7 Å². The highest BCUT2D eigenvalue weighted by Gasteiger charge is 2.25. The van der Waals surface area contributed by atoms with Gasteiger partial charge in [0.2, 0.25) is 11.6 Å². The molecule has 0 radical (unpaired) electrons. The maximum atomic E-state index is 13.0. The molecule has 0 aliphatic carbocycles. The van der Waals surface area contributed by atoms with E-state index in [-0.39, 0.29) is 22.4 Å². The van der Waals surface area contributed by atoms with Crippen molar-refractivity contribution in [1.29, 1.82) is 0 Å². The van der Waals surface area contributed by atoms with Crippen molar-refractivity contribution in [3.8, 4) is 0 Å². The van der Waals surface area contributed by atoms with Gasteiger partial charge >= 0.3 is 0 Å². The van der Waals surface area contributed by atoms with Crippen molar-refractivity contribution in [2.24, 2.45) is 0 Å². The molecule has 6 nitrogen and oxygen atoms in total. The molecule has 1 aliphatic heterocycles. The van der Waals surface area contributed by atoms with Gasteiger partial charge in [0.1, 0.15) is 11.4 Å². The Morgan fingerprint density at radius 1 is 0.683 bits per heavy atom. The summed E-state index contributed by atoms with van der Waals surface area (Å²) in [4.78, 5) is 40.0. The van der Waals surface area contributed by atoms with Crippen LogP contribution in [0.3, 0.4) is 0 Å². The molecule has 2 aromatic carbocycles. The minimum atomic E-state index is -0.0631. The van der Waals surface area contributed by atoms with Crippen molar-refractivity contribution < 1.29 is 9.59 Å². The second-order valence-corrected chi connectivity index (χ2v) is 14.0. The van der Waals surface area contributed by atoms with E-state index >= 15 is 0 Å². The molecule has 8 heteroatoms. The highest BCUT2D eigenvalue weighted by molar-refractivity contribution is 7.10. The molecule has 0 amide bonds. The predicted molar refractivity (Wildman–Crippen MR) is 170 cm³/mol. The third-order valence-corrected chi connectivity index (χ3v) is 10.3. The van der Waals surface area contributed by atoms with E-state index in [1.807, 2.05) is 59.3 Å². The first kappa shape index (κ1) is 29.1. The Labute approximate surface area is 251 Å². The Bertz CT molecular complexity index is 1520. The van der Waals surface area contributed by atoms with Gasteiger partial charge in [0.25, 0.3) is 0 Å². The maximum absolute atomic E-state index is 13.0. The lowest BCUT2D eigenvalue weighted by atomic mass is 9.91. The number of ketones is 2. The second kappa shape index (κ2) is 11.5. The van der Waals surface area contributed by atoms with Gasteiger partial charge in [-0.05, 0) is 55.0 Å². The molecular weight excluding hydrogens is 549 g/mol. The van der Waals surface area contributed by atoms with Gasteiger partial charge in [-0.25, -0.2) is 9.97 Å². The number of carbonyl (C=O) groups is 2. The molecule has 0 spiro atoms. The monoisotopic (exact) mass is 586 g/mol. The summed E-state index contributed by atoms with van der Waals surface area (Å²) in [5.74, 6) is -0.0582. The van der Waals surface area contributed by atoms with Crippen LogP contribution in [0.15, 0.2) is 59.3 Å². The fraction of sp³-hybridized carbons (Fsp3) is 0.394. The lowest BCUT2D eigenvalue weighted by Gasteiger charge is -2.37. The Hall–Kier alpha value is -3.36. The highest BCUT2D eigenvalue weighted by atomic mass is 32.1. The highest BCUT2D eigenvalue weighted by Crippen LogP contribution is 2.31. The van der Waals surface area contributed by atoms with E-state index in [9.17, 15) is 9.59 Å². The number of aromatic nitrogens is 2. The molecule has 3 heterocycles. The van der Waals surface area contributed by atoms with Crippen molar-refractivity contribution in [3.63, 3.8) is 0 Å². The first-order valence-corrected chi connectivity index (χ1v) is 15.9. The normalized spacial score (nSPS) is 14.4. The average Bonchev–Trinajstić information content (AvgIpc) is 3.68. The molecule has 4 aromatic rings. The Morgan fingerprint density at radius 2 is 1.07 bits per heavy atom. The van der Waals surface area contributed by atoms with Crippen LogP contribution >= 0.6 is 22.7 Å². The predicted octanol–water partition coefficient (Wildman–Crippen LogP) is 7.37. The molecule has 214 valence electrons. The number of rotatable bonds is 8. The zero-order chi connectivity index (χ0) is 29.4. The van der Waals surface area contributed by atoms with Gasteiger partial charge in [-0.15, -0.1) is 22.7 Å². The minimum Gasteiger partial charge on any atom is -0.368 e. The summed E-state index contributed by atoms with van der Waals surface area (Å²) in [5.41, 5.74) is 4.53. The van der Waals surface area contributed by atoms with E-state index in [0.717, 1.165) is 54.0 Å². The number of nitrogens with zero attached hydrogens (tertiary/aromatic N) is 4. The topological polar surface area (TPSA) is 66.4 Å². The zero-order valence-electron chi connectivity index (χ0n) is 24.7. The summed E-state index contributed by atoms with van der Waals surface area (Å²) in [6, 6.07) is 15.8. The smallest absolute Gasteiger partial charge is 0.212 e. The van der Waals surface area contributed by atoms with Crippen LogP contribution in [0.1, 0.15) is 90.1 Å². The van der Waals surface area contributed by atoms with Crippen LogP contribution in [0.25, 0.3) is 0 Å². The van der Waals surface area contributed by atoms with E-state index in [1.165, 1.54) is 0 Å². The van der Waals surface area contributed by atoms with E-state index in [4.69, 9.17) is 0 Å². The fourth-order valence-corrected chi connectivity index (χ4v) is 6.61. The van der Waals surface area contributed by atoms with Crippen LogP contribution in [0.5, 0.6) is 0 Å². The van der Waals surface area contributed by atoms with Crippen molar-refractivity contribution in [2.75, 3.05) is 36.0 Å². The van der Waals surface area contributed by atoms with Crippen LogP contribution in [-0.4, -0.2) is 47.7 Å². The molecule has 0 saturated carbocycles. The lowest BCUT2D eigenvalue weighted by Crippen LogP contribution is -2.46. The molecule has 0 N–H and O–H groups in total. The van der Waals surface area contributed by atoms with Crippen LogP contribution in [0.2, 0.25) is 0 Å². The van der Waals surface area contributed by atoms with Gasteiger partial charge in [-0.1, -0.05) is 41.5 Å². The molecule has 1 fully saturated rings. The van der Waals surface area contributed by atoms with Crippen molar-refractivity contribution in [3.05, 3.63) is 91.8 Å². The van der Waals surface area contributed by atoms with Crippen LogP contribution in [0.4, 0.5) is 11.4 Å². The zero-order valence-corrected chi connectivity index (χ0v) is 26.4. The number of hydrogen-bond donors (Lipinski definition) is 0. The number of anilines is 2. The number of carbonyl (C=O) groups excluding carboxylic acids is 2. The number of thiazole rings is 2. The average molecular weight is 587 g/mol. The molecule has 1 saturated heterocycles. The van der Waals surface area contributed by atoms with E-state index in [0.29, 0.717) is 22.5 Å². The maximum Gasteiger partial charge on any atom is 0.212 e. The van der Waals surface area contributed by atoms with E-state index in [2.05, 4.69) is 61.3 Å². The quantitative estimate of drug-likeness (QED) is 0.201. The summed E-state index contributed by atoms with van der Waals surface area (Å²) in [6.07, 6.45) is 0.979. The van der Waals surface area contributed by atoms with Gasteiger partial charge in [-0.3, -0.25) is 9.59 Å². The number of piperazine rings is 1. The van der Waals surface area contributed by atoms with Gasteiger partial charge in [0.15, 0.2) is 0 Å². The van der Waals surface area contributed by atoms with Gasteiger partial charge in [-0.2, -0.15) is 0 Å². The van der Waals surface area contributed by atoms with Crippen molar-refractivity contribution >= 4 is 45.6 Å².